The molecule has 2 N–H and O–H groups in total. The Morgan fingerprint density at radius 1 is 1.04 bits per heavy atom. The van der Waals surface area contributed by atoms with Crippen LogP contribution in [0, 0.1) is 0 Å². The van der Waals surface area contributed by atoms with Gasteiger partial charge in [-0.05, 0) is 29.8 Å². The third kappa shape index (κ3) is 4.31. The fourth-order valence-electron chi connectivity index (χ4n) is 2.56. The molecule has 0 aliphatic carbocycles. The number of piperazine rings is 1. The van der Waals surface area contributed by atoms with E-state index in [9.17, 15) is 4.79 Å². The van der Waals surface area contributed by atoms with Gasteiger partial charge < -0.3 is 10.2 Å². The third-order valence-corrected chi connectivity index (χ3v) is 3.86. The first-order valence-corrected chi connectivity index (χ1v) is 7.85. The second kappa shape index (κ2) is 7.76. The van der Waals surface area contributed by atoms with Gasteiger partial charge in [0.2, 0.25) is 0 Å². The normalized spacial score (nSPS) is 14.5. The first-order valence-electron chi connectivity index (χ1n) is 7.85. The zero-order chi connectivity index (χ0) is 15.9. The summed E-state index contributed by atoms with van der Waals surface area (Å²) in [5, 5.41) is 3.33. The fraction of sp³-hybridized carbons (Fsp3) is 0.278. The minimum Gasteiger partial charge on any atom is -0.369 e. The summed E-state index contributed by atoms with van der Waals surface area (Å²) in [5.74, 6) is -0.229. The Bertz CT molecular complexity index is 622. The second-order valence-corrected chi connectivity index (χ2v) is 5.49. The zero-order valence-corrected chi connectivity index (χ0v) is 13.0. The summed E-state index contributed by atoms with van der Waals surface area (Å²) in [5.41, 5.74) is 5.24. The molecule has 2 aromatic rings. The van der Waals surface area contributed by atoms with E-state index in [2.05, 4.69) is 15.7 Å². The summed E-state index contributed by atoms with van der Waals surface area (Å²) >= 11 is 0. The summed E-state index contributed by atoms with van der Waals surface area (Å²) in [6.07, 6.45) is 0. The lowest BCUT2D eigenvalue weighted by Crippen LogP contribution is -2.43. The van der Waals surface area contributed by atoms with Crippen LogP contribution in [-0.4, -0.2) is 32.1 Å². The number of carbonyl (C=O) groups is 1. The Hall–Kier alpha value is -2.37. The van der Waals surface area contributed by atoms with Crippen molar-refractivity contribution in [1.82, 2.24) is 10.8 Å². The maximum atomic E-state index is 12.1. The number of benzene rings is 2. The Morgan fingerprint density at radius 2 is 1.74 bits per heavy atom. The molecule has 1 fully saturated rings. The molecule has 23 heavy (non-hydrogen) atoms. The van der Waals surface area contributed by atoms with E-state index in [1.807, 2.05) is 54.6 Å². The maximum absolute atomic E-state index is 12.1. The summed E-state index contributed by atoms with van der Waals surface area (Å²) in [6, 6.07) is 17.4. The predicted octanol–water partition coefficient (Wildman–Crippen LogP) is 1.96. The number of rotatable bonds is 5. The highest BCUT2D eigenvalue weighted by Gasteiger charge is 2.11. The van der Waals surface area contributed by atoms with Crippen LogP contribution in [0.1, 0.15) is 15.9 Å². The zero-order valence-electron chi connectivity index (χ0n) is 13.0. The van der Waals surface area contributed by atoms with Crippen LogP contribution in [-0.2, 0) is 11.4 Å². The van der Waals surface area contributed by atoms with E-state index in [1.165, 1.54) is 0 Å². The molecule has 5 heteroatoms. The van der Waals surface area contributed by atoms with Gasteiger partial charge in [-0.15, -0.1) is 0 Å². The van der Waals surface area contributed by atoms with Gasteiger partial charge in [0.15, 0.2) is 0 Å². The molecule has 1 amide bonds. The third-order valence-electron chi connectivity index (χ3n) is 3.86. The molecule has 0 radical (unpaired) electrons. The Balaban J connectivity index is 1.51. The van der Waals surface area contributed by atoms with Crippen LogP contribution in [0.3, 0.4) is 0 Å². The first-order chi connectivity index (χ1) is 11.3. The lowest BCUT2D eigenvalue weighted by Gasteiger charge is -2.29. The molecule has 120 valence electrons. The molecule has 3 rings (SSSR count). The van der Waals surface area contributed by atoms with E-state index >= 15 is 0 Å². The molecule has 0 aromatic heterocycles. The van der Waals surface area contributed by atoms with Crippen molar-refractivity contribution in [3.63, 3.8) is 0 Å². The van der Waals surface area contributed by atoms with Gasteiger partial charge >= 0.3 is 0 Å². The number of hydrogen-bond acceptors (Lipinski definition) is 4. The molecule has 5 nitrogen and oxygen atoms in total. The predicted molar refractivity (Wildman–Crippen MR) is 90.2 cm³/mol. The van der Waals surface area contributed by atoms with Crippen molar-refractivity contribution in [2.24, 2.45) is 0 Å². The number of amides is 1. The van der Waals surface area contributed by atoms with Crippen LogP contribution in [0.15, 0.2) is 54.6 Å². The van der Waals surface area contributed by atoms with E-state index in [4.69, 9.17) is 4.84 Å². The van der Waals surface area contributed by atoms with Gasteiger partial charge in [0.05, 0.1) is 6.61 Å². The summed E-state index contributed by atoms with van der Waals surface area (Å²) in [6.45, 7) is 4.33. The molecule has 2 aromatic carbocycles. The van der Waals surface area contributed by atoms with Crippen LogP contribution in [0.5, 0.6) is 0 Å². The molecular formula is C18H21N3O2. The molecule has 1 saturated heterocycles. The number of anilines is 1. The lowest BCUT2D eigenvalue weighted by molar-refractivity contribution is 0.0233. The molecule has 0 unspecified atom stereocenters. The van der Waals surface area contributed by atoms with Crippen molar-refractivity contribution in [3.8, 4) is 0 Å². The Morgan fingerprint density at radius 3 is 2.43 bits per heavy atom. The van der Waals surface area contributed by atoms with E-state index in [0.717, 1.165) is 37.4 Å². The number of nitrogens with zero attached hydrogens (tertiary/aromatic N) is 1. The van der Waals surface area contributed by atoms with Gasteiger partial charge in [0.25, 0.3) is 5.91 Å². The number of carbonyl (C=O) groups excluding carboxylic acids is 1. The average Bonchev–Trinajstić information content (AvgIpc) is 2.63. The van der Waals surface area contributed by atoms with Gasteiger partial charge in [-0.1, -0.05) is 30.3 Å². The second-order valence-electron chi connectivity index (χ2n) is 5.49. The van der Waals surface area contributed by atoms with Crippen LogP contribution >= 0.6 is 0 Å². The van der Waals surface area contributed by atoms with Crippen LogP contribution in [0.25, 0.3) is 0 Å². The Labute approximate surface area is 136 Å². The Kier molecular flexibility index (Phi) is 5.24. The monoisotopic (exact) mass is 311 g/mol. The van der Waals surface area contributed by atoms with Crippen molar-refractivity contribution in [1.29, 1.82) is 0 Å². The van der Waals surface area contributed by atoms with E-state index in [0.29, 0.717) is 12.2 Å². The van der Waals surface area contributed by atoms with Crippen molar-refractivity contribution in [2.75, 3.05) is 31.1 Å². The fourth-order valence-corrected chi connectivity index (χ4v) is 2.56. The van der Waals surface area contributed by atoms with Crippen LogP contribution < -0.4 is 15.7 Å². The highest BCUT2D eigenvalue weighted by atomic mass is 16.6. The highest BCUT2D eigenvalue weighted by Crippen LogP contribution is 2.15. The molecule has 1 aliphatic heterocycles. The van der Waals surface area contributed by atoms with Gasteiger partial charge in [0, 0.05) is 37.4 Å². The summed E-state index contributed by atoms with van der Waals surface area (Å²) < 4.78 is 0. The number of hydrogen-bond donors (Lipinski definition) is 2. The van der Waals surface area contributed by atoms with Gasteiger partial charge in [-0.2, -0.15) is 0 Å². The highest BCUT2D eigenvalue weighted by molar-refractivity contribution is 5.93. The average molecular weight is 311 g/mol. The van der Waals surface area contributed by atoms with E-state index in [1.54, 1.807) is 0 Å². The van der Waals surface area contributed by atoms with Gasteiger partial charge in [-0.25, -0.2) is 5.48 Å². The molecule has 1 heterocycles. The minimum absolute atomic E-state index is 0.229. The molecule has 0 atom stereocenters. The van der Waals surface area contributed by atoms with E-state index < -0.39 is 0 Å². The number of nitrogens with one attached hydrogen (secondary N) is 2. The maximum Gasteiger partial charge on any atom is 0.274 e. The van der Waals surface area contributed by atoms with Crippen molar-refractivity contribution in [2.45, 2.75) is 6.61 Å². The van der Waals surface area contributed by atoms with E-state index in [-0.39, 0.29) is 5.91 Å². The quantitative estimate of drug-likeness (QED) is 0.829. The summed E-state index contributed by atoms with van der Waals surface area (Å²) in [7, 11) is 0. The molecular weight excluding hydrogens is 290 g/mol. The van der Waals surface area contributed by atoms with Crippen molar-refractivity contribution >= 4 is 11.6 Å². The van der Waals surface area contributed by atoms with Crippen LogP contribution in [0.2, 0.25) is 0 Å². The lowest BCUT2D eigenvalue weighted by atomic mass is 10.2. The molecule has 0 spiro atoms. The van der Waals surface area contributed by atoms with Gasteiger partial charge in [-0.3, -0.25) is 9.63 Å². The van der Waals surface area contributed by atoms with Gasteiger partial charge in [0.1, 0.15) is 0 Å². The SMILES string of the molecule is O=C(NOCc1ccccc1)c1ccc(N2CCNCC2)cc1. The molecule has 1 aliphatic rings. The largest absolute Gasteiger partial charge is 0.369 e. The molecule has 0 saturated carbocycles. The smallest absolute Gasteiger partial charge is 0.274 e. The summed E-state index contributed by atoms with van der Waals surface area (Å²) in [4.78, 5) is 19.6. The van der Waals surface area contributed by atoms with Crippen molar-refractivity contribution in [3.05, 3.63) is 65.7 Å². The van der Waals surface area contributed by atoms with Crippen LogP contribution in [0.4, 0.5) is 5.69 Å². The standard InChI is InChI=1S/C18H21N3O2/c22-18(20-23-14-15-4-2-1-3-5-15)16-6-8-17(9-7-16)21-12-10-19-11-13-21/h1-9,19H,10-14H2,(H,20,22). The molecule has 0 bridgehead atoms. The number of hydroxylamine groups is 1. The minimum atomic E-state index is -0.229. The first kappa shape index (κ1) is 15.5. The topological polar surface area (TPSA) is 53.6 Å². The van der Waals surface area contributed by atoms with Crippen molar-refractivity contribution < 1.29 is 9.63 Å².